The Morgan fingerprint density at radius 3 is 2.91 bits per heavy atom. The second-order valence-electron chi connectivity index (χ2n) is 6.90. The molecular formula is C15H19N7. The highest BCUT2D eigenvalue weighted by molar-refractivity contribution is 5.54. The summed E-state index contributed by atoms with van der Waals surface area (Å²) in [5, 5.41) is 10.7. The minimum Gasteiger partial charge on any atom is -0.336 e. The Kier molecular flexibility index (Phi) is 2.36. The summed E-state index contributed by atoms with van der Waals surface area (Å²) in [4.78, 5) is 11.3. The van der Waals surface area contributed by atoms with Crippen LogP contribution in [0, 0.1) is 0 Å². The molecule has 7 heteroatoms. The number of anilines is 3. The maximum Gasteiger partial charge on any atom is 0.227 e. The van der Waals surface area contributed by atoms with E-state index in [4.69, 9.17) is 5.73 Å². The number of nitrogens with one attached hydrogen (secondary N) is 2. The Bertz CT molecular complexity index is 714. The van der Waals surface area contributed by atoms with Gasteiger partial charge in [0.25, 0.3) is 0 Å². The van der Waals surface area contributed by atoms with Gasteiger partial charge in [0.1, 0.15) is 5.82 Å². The third kappa shape index (κ3) is 1.96. The number of fused-ring (bicyclic) bond motifs is 1. The molecule has 6 rings (SSSR count). The van der Waals surface area contributed by atoms with E-state index in [0.29, 0.717) is 12.0 Å². The van der Waals surface area contributed by atoms with Crippen molar-refractivity contribution in [1.82, 2.24) is 20.2 Å². The van der Waals surface area contributed by atoms with Crippen LogP contribution in [0.3, 0.4) is 0 Å². The Balaban J connectivity index is 1.35. The van der Waals surface area contributed by atoms with Crippen molar-refractivity contribution < 1.29 is 0 Å². The number of aromatic amines is 1. The zero-order chi connectivity index (χ0) is 14.7. The van der Waals surface area contributed by atoms with Crippen LogP contribution in [-0.4, -0.2) is 38.3 Å². The molecule has 0 aromatic carbocycles. The normalized spacial score (nSPS) is 29.5. The van der Waals surface area contributed by atoms with Crippen LogP contribution in [0.5, 0.6) is 0 Å². The van der Waals surface area contributed by atoms with Crippen molar-refractivity contribution in [2.75, 3.05) is 16.8 Å². The highest BCUT2D eigenvalue weighted by Crippen LogP contribution is 2.44. The van der Waals surface area contributed by atoms with E-state index in [2.05, 4.69) is 36.4 Å². The van der Waals surface area contributed by atoms with Crippen molar-refractivity contribution >= 4 is 17.6 Å². The summed E-state index contributed by atoms with van der Waals surface area (Å²) in [6.45, 7) is 0.857. The molecule has 2 saturated carbocycles. The predicted molar refractivity (Wildman–Crippen MR) is 83.2 cm³/mol. The molecular weight excluding hydrogens is 278 g/mol. The molecule has 114 valence electrons. The van der Waals surface area contributed by atoms with Gasteiger partial charge in [0.15, 0.2) is 5.82 Å². The van der Waals surface area contributed by atoms with Gasteiger partial charge in [-0.05, 0) is 31.7 Å². The van der Waals surface area contributed by atoms with Gasteiger partial charge in [0.05, 0.1) is 0 Å². The summed E-state index contributed by atoms with van der Waals surface area (Å²) in [6, 6.07) is 4.45. The smallest absolute Gasteiger partial charge is 0.227 e. The first-order chi connectivity index (χ1) is 10.7. The molecule has 0 unspecified atom stereocenters. The fourth-order valence-electron chi connectivity index (χ4n) is 3.62. The number of hydrogen-bond acceptors (Lipinski definition) is 6. The highest BCUT2D eigenvalue weighted by atomic mass is 15.3. The van der Waals surface area contributed by atoms with Crippen LogP contribution in [0.1, 0.15) is 37.3 Å². The summed E-state index contributed by atoms with van der Waals surface area (Å²) in [5.41, 5.74) is 7.44. The summed E-state index contributed by atoms with van der Waals surface area (Å²) in [5.74, 6) is 3.01. The standard InChI is InChI=1S/C15H19N7/c16-15-6-10(7-15)22(8-15)14-17-4-3-12(19-14)18-13-5-11(20-21-13)9-1-2-9/h3-5,9-10H,1-2,6-8,16H2,(H2,17,18,19,20,21). The van der Waals surface area contributed by atoms with Gasteiger partial charge in [0.2, 0.25) is 5.95 Å². The van der Waals surface area contributed by atoms with E-state index in [9.17, 15) is 0 Å². The zero-order valence-corrected chi connectivity index (χ0v) is 12.3. The average molecular weight is 297 g/mol. The van der Waals surface area contributed by atoms with Crippen LogP contribution in [0.15, 0.2) is 18.3 Å². The molecule has 7 nitrogen and oxygen atoms in total. The highest BCUT2D eigenvalue weighted by Gasteiger charge is 2.53. The van der Waals surface area contributed by atoms with Gasteiger partial charge in [-0.1, -0.05) is 0 Å². The lowest BCUT2D eigenvalue weighted by atomic mass is 9.79. The number of hydrogen-bond donors (Lipinski definition) is 3. The summed E-state index contributed by atoms with van der Waals surface area (Å²) in [6.07, 6.45) is 6.42. The molecule has 2 bridgehead atoms. The molecule has 2 aromatic heterocycles. The van der Waals surface area contributed by atoms with E-state index in [-0.39, 0.29) is 5.54 Å². The van der Waals surface area contributed by atoms with Gasteiger partial charge in [0, 0.05) is 42.0 Å². The number of nitrogens with zero attached hydrogens (tertiary/aromatic N) is 4. The van der Waals surface area contributed by atoms with E-state index in [0.717, 1.165) is 37.0 Å². The predicted octanol–water partition coefficient (Wildman–Crippen LogP) is 1.50. The summed E-state index contributed by atoms with van der Waals surface area (Å²) < 4.78 is 0. The molecule has 2 aromatic rings. The molecule has 0 atom stereocenters. The molecule has 0 spiro atoms. The van der Waals surface area contributed by atoms with Crippen molar-refractivity contribution in [3.63, 3.8) is 0 Å². The fraction of sp³-hybridized carbons (Fsp3) is 0.533. The molecule has 2 aliphatic carbocycles. The molecule has 4 fully saturated rings. The third-order valence-electron chi connectivity index (χ3n) is 4.98. The maximum absolute atomic E-state index is 6.24. The first-order valence-electron chi connectivity index (χ1n) is 7.89. The van der Waals surface area contributed by atoms with Crippen molar-refractivity contribution in [1.29, 1.82) is 0 Å². The van der Waals surface area contributed by atoms with Crippen LogP contribution >= 0.6 is 0 Å². The van der Waals surface area contributed by atoms with E-state index in [1.807, 2.05) is 6.07 Å². The van der Waals surface area contributed by atoms with Crippen LogP contribution in [-0.2, 0) is 0 Å². The topological polar surface area (TPSA) is 95.8 Å². The molecule has 4 N–H and O–H groups in total. The Morgan fingerprint density at radius 2 is 2.18 bits per heavy atom. The molecule has 0 radical (unpaired) electrons. The summed E-state index contributed by atoms with van der Waals surface area (Å²) >= 11 is 0. The quantitative estimate of drug-likeness (QED) is 0.791. The van der Waals surface area contributed by atoms with Crippen LogP contribution in [0.25, 0.3) is 0 Å². The Labute approximate surface area is 128 Å². The molecule has 22 heavy (non-hydrogen) atoms. The second kappa shape index (κ2) is 4.19. The van der Waals surface area contributed by atoms with Gasteiger partial charge < -0.3 is 16.0 Å². The number of rotatable bonds is 4. The van der Waals surface area contributed by atoms with Crippen molar-refractivity contribution in [3.8, 4) is 0 Å². The first kappa shape index (κ1) is 12.4. The molecule has 0 amide bonds. The zero-order valence-electron chi connectivity index (χ0n) is 12.3. The van der Waals surface area contributed by atoms with E-state index in [1.54, 1.807) is 6.20 Å². The SMILES string of the molecule is NC12CC(C1)N(c1nccc(Nc3cc(C4CC4)[nH]n3)n1)C2. The average Bonchev–Trinajstić information content (AvgIpc) is 3.01. The Hall–Kier alpha value is -2.15. The monoisotopic (exact) mass is 297 g/mol. The van der Waals surface area contributed by atoms with Crippen molar-refractivity contribution in [2.45, 2.75) is 43.2 Å². The van der Waals surface area contributed by atoms with Gasteiger partial charge in [-0.3, -0.25) is 5.10 Å². The van der Waals surface area contributed by atoms with Gasteiger partial charge in [-0.15, -0.1) is 0 Å². The van der Waals surface area contributed by atoms with E-state index < -0.39 is 0 Å². The molecule has 4 aliphatic rings. The molecule has 2 saturated heterocycles. The lowest BCUT2D eigenvalue weighted by Crippen LogP contribution is -2.48. The summed E-state index contributed by atoms with van der Waals surface area (Å²) in [7, 11) is 0. The van der Waals surface area contributed by atoms with Crippen molar-refractivity contribution in [3.05, 3.63) is 24.0 Å². The van der Waals surface area contributed by atoms with E-state index in [1.165, 1.54) is 18.5 Å². The lowest BCUT2D eigenvalue weighted by Gasteiger charge is -2.32. The first-order valence-corrected chi connectivity index (χ1v) is 7.89. The minimum atomic E-state index is -0.0151. The number of aromatic nitrogens is 4. The van der Waals surface area contributed by atoms with Crippen LogP contribution in [0.2, 0.25) is 0 Å². The van der Waals surface area contributed by atoms with Crippen LogP contribution < -0.4 is 16.0 Å². The largest absolute Gasteiger partial charge is 0.336 e. The van der Waals surface area contributed by atoms with Crippen molar-refractivity contribution in [2.24, 2.45) is 5.73 Å². The molecule has 2 aliphatic heterocycles. The van der Waals surface area contributed by atoms with E-state index >= 15 is 0 Å². The lowest BCUT2D eigenvalue weighted by molar-refractivity contribution is 0.312. The van der Waals surface area contributed by atoms with Gasteiger partial charge in [-0.2, -0.15) is 10.1 Å². The second-order valence-corrected chi connectivity index (χ2v) is 6.90. The van der Waals surface area contributed by atoms with Crippen LogP contribution in [0.4, 0.5) is 17.6 Å². The Morgan fingerprint density at radius 1 is 1.32 bits per heavy atom. The van der Waals surface area contributed by atoms with Gasteiger partial charge in [-0.25, -0.2) is 4.98 Å². The molecule has 4 heterocycles. The maximum atomic E-state index is 6.24. The third-order valence-corrected chi connectivity index (χ3v) is 4.98. The van der Waals surface area contributed by atoms with Gasteiger partial charge >= 0.3 is 0 Å². The fourth-order valence-corrected chi connectivity index (χ4v) is 3.62. The number of nitrogens with two attached hydrogens (primary N) is 1. The minimum absolute atomic E-state index is 0.0151. The number of H-pyrrole nitrogens is 1.